The number of aromatic nitrogens is 3. The van der Waals surface area contributed by atoms with Gasteiger partial charge in [0, 0.05) is 37.7 Å². The molecule has 2 fully saturated rings. The lowest BCUT2D eigenvalue weighted by atomic mass is 9.89. The van der Waals surface area contributed by atoms with E-state index >= 15 is 0 Å². The molecule has 1 saturated carbocycles. The van der Waals surface area contributed by atoms with Crippen LogP contribution in [0, 0.1) is 5.92 Å². The van der Waals surface area contributed by atoms with Crippen LogP contribution >= 0.6 is 24.8 Å². The Morgan fingerprint density at radius 3 is 2.55 bits per heavy atom. The van der Waals surface area contributed by atoms with Crippen LogP contribution in [-0.4, -0.2) is 45.2 Å². The van der Waals surface area contributed by atoms with E-state index in [1.807, 2.05) is 29.2 Å². The number of nitrogens with two attached hydrogens (primary N) is 1. The number of halogens is 2. The van der Waals surface area contributed by atoms with Gasteiger partial charge in [-0.3, -0.25) is 19.4 Å². The Morgan fingerprint density at radius 1 is 1.19 bits per heavy atom. The average Bonchev–Trinajstić information content (AvgIpc) is 3.44. The van der Waals surface area contributed by atoms with Crippen molar-refractivity contribution in [1.82, 2.24) is 19.7 Å². The molecular weight excluding hydrogens is 437 g/mol. The number of likely N-dealkylation sites (tertiary alicyclic amines) is 1. The number of pyridine rings is 1. The summed E-state index contributed by atoms with van der Waals surface area (Å²) >= 11 is 0. The number of H-pyrrole nitrogens is 1. The number of carbonyl (C=O) groups is 1. The lowest BCUT2D eigenvalue weighted by Gasteiger charge is -2.17. The summed E-state index contributed by atoms with van der Waals surface area (Å²) in [6.45, 7) is 1.73. The van der Waals surface area contributed by atoms with E-state index in [-0.39, 0.29) is 48.1 Å². The molecule has 166 valence electrons. The van der Waals surface area contributed by atoms with E-state index in [4.69, 9.17) is 5.73 Å². The Labute approximate surface area is 192 Å². The molecule has 2 atom stereocenters. The van der Waals surface area contributed by atoms with Gasteiger partial charge in [0.1, 0.15) is 0 Å². The number of rotatable bonds is 4. The van der Waals surface area contributed by atoms with Crippen molar-refractivity contribution in [3.63, 3.8) is 0 Å². The lowest BCUT2D eigenvalue weighted by molar-refractivity contribution is 0.0788. The van der Waals surface area contributed by atoms with Crippen molar-refractivity contribution >= 4 is 41.8 Å². The Balaban J connectivity index is 0.00000136. The Morgan fingerprint density at radius 2 is 1.90 bits per heavy atom. The van der Waals surface area contributed by atoms with Gasteiger partial charge >= 0.3 is 0 Å². The first-order valence-corrected chi connectivity index (χ1v) is 10.2. The summed E-state index contributed by atoms with van der Waals surface area (Å²) in [5.74, 6) is 0.700. The van der Waals surface area contributed by atoms with Crippen LogP contribution in [0.15, 0.2) is 41.2 Å². The van der Waals surface area contributed by atoms with E-state index < -0.39 is 0 Å². The molecule has 0 unspecified atom stereocenters. The molecule has 1 aliphatic carbocycles. The van der Waals surface area contributed by atoms with Crippen molar-refractivity contribution in [3.8, 4) is 0 Å². The first-order valence-electron chi connectivity index (χ1n) is 10.2. The molecule has 0 bridgehead atoms. The van der Waals surface area contributed by atoms with Crippen molar-refractivity contribution in [3.05, 3.63) is 63.6 Å². The predicted molar refractivity (Wildman–Crippen MR) is 125 cm³/mol. The highest BCUT2D eigenvalue weighted by molar-refractivity contribution is 6.05. The second kappa shape index (κ2) is 9.02. The number of carbonyl (C=O) groups excluding carboxylic acids is 1. The molecule has 1 saturated heterocycles. The number of hydrogen-bond acceptors (Lipinski definition) is 4. The molecule has 1 amide bonds. The van der Waals surface area contributed by atoms with Gasteiger partial charge < -0.3 is 10.6 Å². The van der Waals surface area contributed by atoms with Crippen molar-refractivity contribution in [2.75, 3.05) is 19.6 Å². The first-order chi connectivity index (χ1) is 14.1. The smallest absolute Gasteiger partial charge is 0.274 e. The van der Waals surface area contributed by atoms with Gasteiger partial charge in [-0.05, 0) is 36.9 Å². The topological polar surface area (TPSA) is 97.0 Å². The third kappa shape index (κ3) is 4.10. The van der Waals surface area contributed by atoms with Gasteiger partial charge in [-0.1, -0.05) is 30.3 Å². The molecule has 0 spiro atoms. The molecule has 31 heavy (non-hydrogen) atoms. The van der Waals surface area contributed by atoms with Crippen LogP contribution in [0.2, 0.25) is 0 Å². The summed E-state index contributed by atoms with van der Waals surface area (Å²) in [4.78, 5) is 32.6. The highest BCUT2D eigenvalue weighted by Crippen LogP contribution is 2.40. The van der Waals surface area contributed by atoms with Gasteiger partial charge in [-0.15, -0.1) is 24.8 Å². The molecule has 9 heteroatoms. The third-order valence-corrected chi connectivity index (χ3v) is 6.32. The Hall–Kier alpha value is -2.35. The number of nitrogens with one attached hydrogen (secondary N) is 1. The number of amides is 1. The molecule has 7 nitrogen and oxygen atoms in total. The summed E-state index contributed by atoms with van der Waals surface area (Å²) in [6, 6.07) is 12.1. The van der Waals surface area contributed by atoms with Gasteiger partial charge in [0.25, 0.3) is 11.5 Å². The predicted octanol–water partition coefficient (Wildman–Crippen LogP) is 2.80. The Bertz CT molecular complexity index is 1140. The molecule has 3 N–H and O–H groups in total. The molecule has 5 rings (SSSR count). The van der Waals surface area contributed by atoms with E-state index in [1.54, 1.807) is 11.7 Å². The van der Waals surface area contributed by atoms with Gasteiger partial charge in [-0.25, -0.2) is 4.98 Å². The minimum Gasteiger partial charge on any atom is -0.338 e. The number of benzene rings is 1. The maximum atomic E-state index is 13.6. The molecular formula is C22H27Cl2N5O2. The zero-order valence-corrected chi connectivity index (χ0v) is 18.9. The van der Waals surface area contributed by atoms with Crippen molar-refractivity contribution in [2.45, 2.75) is 24.7 Å². The second-order valence-corrected chi connectivity index (χ2v) is 8.29. The highest BCUT2D eigenvalue weighted by atomic mass is 35.5. The fourth-order valence-corrected chi connectivity index (χ4v) is 4.56. The summed E-state index contributed by atoms with van der Waals surface area (Å²) in [6.07, 6.45) is 2.17. The number of aryl methyl sites for hydroxylation is 1. The van der Waals surface area contributed by atoms with Crippen molar-refractivity contribution in [1.29, 1.82) is 0 Å². The summed E-state index contributed by atoms with van der Waals surface area (Å²) in [5.41, 5.74) is 8.90. The highest BCUT2D eigenvalue weighted by Gasteiger charge is 2.37. The molecule has 3 heterocycles. The van der Waals surface area contributed by atoms with Crippen LogP contribution in [0.5, 0.6) is 0 Å². The minimum absolute atomic E-state index is 0. The van der Waals surface area contributed by atoms with Gasteiger partial charge in [0.2, 0.25) is 0 Å². The van der Waals surface area contributed by atoms with E-state index in [9.17, 15) is 9.59 Å². The molecule has 0 radical (unpaired) electrons. The maximum absolute atomic E-state index is 13.6. The quantitative estimate of drug-likeness (QED) is 0.621. The SMILES string of the molecule is Cl.Cl.Cn1[nH]c(=O)c2c(C(=O)N3C[C@@H](CN)[C@H](c4ccccc4)C3)cc(C3CC3)nc21. The Kier molecular flexibility index (Phi) is 6.79. The van der Waals surface area contributed by atoms with Crippen molar-refractivity contribution in [2.24, 2.45) is 18.7 Å². The van der Waals surface area contributed by atoms with Crippen LogP contribution in [0.3, 0.4) is 0 Å². The van der Waals surface area contributed by atoms with Crippen LogP contribution in [-0.2, 0) is 7.05 Å². The fourth-order valence-electron chi connectivity index (χ4n) is 4.56. The zero-order valence-electron chi connectivity index (χ0n) is 17.3. The van der Waals surface area contributed by atoms with Gasteiger partial charge in [0.05, 0.1) is 10.9 Å². The van der Waals surface area contributed by atoms with Crippen molar-refractivity contribution < 1.29 is 4.79 Å². The van der Waals surface area contributed by atoms with Gasteiger partial charge in [0.15, 0.2) is 5.65 Å². The number of fused-ring (bicyclic) bond motifs is 1. The standard InChI is InChI=1S/C22H25N5O2.2ClH/c1-26-20-19(21(28)25-26)16(9-18(24-20)14-7-8-14)22(29)27-11-15(10-23)17(12-27)13-5-3-2-4-6-13;;/h2-6,9,14-15,17H,7-8,10-12,23H2,1H3,(H,25,28);2*1H/t15-,17+;;/m1../s1. The number of hydrogen-bond donors (Lipinski definition) is 2. The lowest BCUT2D eigenvalue weighted by Crippen LogP contribution is -2.30. The second-order valence-electron chi connectivity index (χ2n) is 8.29. The molecule has 2 aromatic heterocycles. The van der Waals surface area contributed by atoms with E-state index in [2.05, 4.69) is 22.2 Å². The summed E-state index contributed by atoms with van der Waals surface area (Å²) in [5, 5.41) is 3.13. The van der Waals surface area contributed by atoms with E-state index in [1.165, 1.54) is 5.56 Å². The zero-order chi connectivity index (χ0) is 20.1. The first kappa shape index (κ1) is 23.3. The maximum Gasteiger partial charge on any atom is 0.274 e. The molecule has 1 aliphatic heterocycles. The average molecular weight is 464 g/mol. The summed E-state index contributed by atoms with van der Waals surface area (Å²) in [7, 11) is 1.76. The largest absolute Gasteiger partial charge is 0.338 e. The fraction of sp³-hybridized carbons (Fsp3) is 0.409. The normalized spacial score (nSPS) is 20.4. The number of aromatic amines is 1. The monoisotopic (exact) mass is 463 g/mol. The van der Waals surface area contributed by atoms with E-state index in [0.717, 1.165) is 18.5 Å². The van der Waals surface area contributed by atoms with Crippen LogP contribution in [0.4, 0.5) is 0 Å². The minimum atomic E-state index is -0.269. The third-order valence-electron chi connectivity index (χ3n) is 6.32. The molecule has 3 aromatic rings. The molecule has 2 aliphatic rings. The molecule has 1 aromatic carbocycles. The van der Waals surface area contributed by atoms with Crippen LogP contribution in [0.25, 0.3) is 11.0 Å². The summed E-state index contributed by atoms with van der Waals surface area (Å²) < 4.78 is 1.61. The van der Waals surface area contributed by atoms with E-state index in [0.29, 0.717) is 42.1 Å². The van der Waals surface area contributed by atoms with Crippen LogP contribution < -0.4 is 11.3 Å². The van der Waals surface area contributed by atoms with Crippen LogP contribution in [0.1, 0.15) is 46.3 Å². The number of nitrogens with zero attached hydrogens (tertiary/aromatic N) is 3. The van der Waals surface area contributed by atoms with Gasteiger partial charge in [-0.2, -0.15) is 0 Å².